The minimum atomic E-state index is -4.39. The largest absolute Gasteiger partial charge is 0.491 e. The van der Waals surface area contributed by atoms with E-state index in [9.17, 15) is 13.2 Å². The molecule has 0 bridgehead atoms. The summed E-state index contributed by atoms with van der Waals surface area (Å²) in [7, 11) is 0. The van der Waals surface area contributed by atoms with Crippen molar-refractivity contribution in [2.45, 2.75) is 12.6 Å². The van der Waals surface area contributed by atoms with Crippen molar-refractivity contribution >= 4 is 5.69 Å². The Kier molecular flexibility index (Phi) is 4.17. The first-order valence-electron chi connectivity index (χ1n) is 6.10. The van der Waals surface area contributed by atoms with Crippen LogP contribution in [0.3, 0.4) is 0 Å². The molecule has 2 aromatic carbocycles. The summed E-state index contributed by atoms with van der Waals surface area (Å²) < 4.78 is 42.8. The highest BCUT2D eigenvalue weighted by molar-refractivity contribution is 5.54. The van der Waals surface area contributed by atoms with Gasteiger partial charge < -0.3 is 10.5 Å². The van der Waals surface area contributed by atoms with E-state index in [-0.39, 0.29) is 11.4 Å². The second-order valence-electron chi connectivity index (χ2n) is 4.33. The minimum absolute atomic E-state index is 0.00659. The Morgan fingerprint density at radius 1 is 1.00 bits per heavy atom. The molecule has 0 atom stereocenters. The topological polar surface area (TPSA) is 35.2 Å². The molecular weight excluding hydrogens is 267 g/mol. The second kappa shape index (κ2) is 5.86. The number of nitrogen functional groups attached to an aromatic ring is 1. The zero-order chi connectivity index (χ0) is 14.6. The number of hydrogen-bond acceptors (Lipinski definition) is 2. The summed E-state index contributed by atoms with van der Waals surface area (Å²) in [5.41, 5.74) is 5.89. The zero-order valence-corrected chi connectivity index (χ0v) is 10.7. The van der Waals surface area contributed by atoms with Crippen molar-refractivity contribution < 1.29 is 17.9 Å². The second-order valence-corrected chi connectivity index (χ2v) is 4.33. The predicted octanol–water partition coefficient (Wildman–Crippen LogP) is 3.91. The van der Waals surface area contributed by atoms with E-state index in [1.807, 2.05) is 30.3 Å². The van der Waals surface area contributed by atoms with Crippen molar-refractivity contribution in [3.8, 4) is 5.75 Å². The molecule has 2 rings (SSSR count). The predicted molar refractivity (Wildman–Crippen MR) is 71.5 cm³/mol. The summed E-state index contributed by atoms with van der Waals surface area (Å²) in [5, 5.41) is 0. The van der Waals surface area contributed by atoms with Crippen LogP contribution in [0.2, 0.25) is 0 Å². The van der Waals surface area contributed by atoms with Crippen LogP contribution in [-0.4, -0.2) is 6.61 Å². The van der Waals surface area contributed by atoms with Gasteiger partial charge in [0.25, 0.3) is 0 Å². The lowest BCUT2D eigenvalue weighted by Crippen LogP contribution is -2.07. The van der Waals surface area contributed by atoms with Gasteiger partial charge in [-0.05, 0) is 23.8 Å². The molecule has 0 aromatic heterocycles. The average molecular weight is 281 g/mol. The van der Waals surface area contributed by atoms with Crippen molar-refractivity contribution in [3.63, 3.8) is 0 Å². The standard InChI is InChI=1S/C15H14F3NO/c16-15(17,18)12-6-7-14(13(19)10-12)20-9-8-11-4-2-1-3-5-11/h1-7,10H,8-9,19H2. The third-order valence-electron chi connectivity index (χ3n) is 2.83. The van der Waals surface area contributed by atoms with Gasteiger partial charge in [-0.2, -0.15) is 13.2 Å². The van der Waals surface area contributed by atoms with E-state index in [0.717, 1.165) is 17.7 Å². The van der Waals surface area contributed by atoms with Gasteiger partial charge in [0.2, 0.25) is 0 Å². The van der Waals surface area contributed by atoms with Crippen molar-refractivity contribution in [2.75, 3.05) is 12.3 Å². The lowest BCUT2D eigenvalue weighted by atomic mass is 10.1. The highest BCUT2D eigenvalue weighted by Crippen LogP contribution is 2.33. The molecule has 2 nitrogen and oxygen atoms in total. The summed E-state index contributed by atoms with van der Waals surface area (Å²) in [6.07, 6.45) is -3.72. The summed E-state index contributed by atoms with van der Waals surface area (Å²) in [4.78, 5) is 0. The van der Waals surface area contributed by atoms with Crippen molar-refractivity contribution in [3.05, 3.63) is 59.7 Å². The molecule has 20 heavy (non-hydrogen) atoms. The molecule has 0 amide bonds. The lowest BCUT2D eigenvalue weighted by molar-refractivity contribution is -0.137. The van der Waals surface area contributed by atoms with Gasteiger partial charge in [-0.25, -0.2) is 0 Å². The maximum absolute atomic E-state index is 12.5. The van der Waals surface area contributed by atoms with E-state index in [4.69, 9.17) is 10.5 Å². The molecule has 2 aromatic rings. The Bertz CT molecular complexity index is 567. The number of benzene rings is 2. The number of rotatable bonds is 4. The monoisotopic (exact) mass is 281 g/mol. The van der Waals surface area contributed by atoms with Crippen LogP contribution >= 0.6 is 0 Å². The van der Waals surface area contributed by atoms with E-state index in [0.29, 0.717) is 13.0 Å². The van der Waals surface area contributed by atoms with Crippen LogP contribution in [0.4, 0.5) is 18.9 Å². The number of halogens is 3. The maximum atomic E-state index is 12.5. The van der Waals surface area contributed by atoms with Gasteiger partial charge in [-0.3, -0.25) is 0 Å². The third kappa shape index (κ3) is 3.66. The van der Waals surface area contributed by atoms with Crippen LogP contribution in [0, 0.1) is 0 Å². The number of ether oxygens (including phenoxy) is 1. The highest BCUT2D eigenvalue weighted by Gasteiger charge is 2.30. The first-order chi connectivity index (χ1) is 9.47. The molecule has 0 radical (unpaired) electrons. The summed E-state index contributed by atoms with van der Waals surface area (Å²) in [6.45, 7) is 0.361. The first kappa shape index (κ1) is 14.2. The Hall–Kier alpha value is -2.17. The van der Waals surface area contributed by atoms with Crippen LogP contribution in [0.25, 0.3) is 0 Å². The number of anilines is 1. The van der Waals surface area contributed by atoms with Crippen LogP contribution < -0.4 is 10.5 Å². The molecule has 0 heterocycles. The van der Waals surface area contributed by atoms with E-state index in [1.54, 1.807) is 0 Å². The summed E-state index contributed by atoms with van der Waals surface area (Å²) >= 11 is 0. The van der Waals surface area contributed by atoms with Crippen LogP contribution in [-0.2, 0) is 12.6 Å². The van der Waals surface area contributed by atoms with E-state index in [2.05, 4.69) is 0 Å². The quantitative estimate of drug-likeness (QED) is 0.862. The van der Waals surface area contributed by atoms with Crippen LogP contribution in [0.5, 0.6) is 5.75 Å². The van der Waals surface area contributed by atoms with Crippen molar-refractivity contribution in [1.82, 2.24) is 0 Å². The number of nitrogens with two attached hydrogens (primary N) is 1. The number of alkyl halides is 3. The Labute approximate surface area is 115 Å². The summed E-state index contributed by atoms with van der Waals surface area (Å²) in [6, 6.07) is 12.8. The minimum Gasteiger partial charge on any atom is -0.491 e. The molecular formula is C15H14F3NO. The van der Waals surface area contributed by atoms with E-state index >= 15 is 0 Å². The Morgan fingerprint density at radius 3 is 2.30 bits per heavy atom. The summed E-state index contributed by atoms with van der Waals surface area (Å²) in [5.74, 6) is 0.272. The first-order valence-corrected chi connectivity index (χ1v) is 6.10. The van der Waals surface area contributed by atoms with Gasteiger partial charge in [-0.15, -0.1) is 0 Å². The van der Waals surface area contributed by atoms with Gasteiger partial charge in [-0.1, -0.05) is 30.3 Å². The molecule has 2 N–H and O–H groups in total. The smallest absolute Gasteiger partial charge is 0.416 e. The Balaban J connectivity index is 1.97. The zero-order valence-electron chi connectivity index (χ0n) is 10.7. The molecule has 0 aliphatic carbocycles. The fourth-order valence-electron chi connectivity index (χ4n) is 1.78. The van der Waals surface area contributed by atoms with Gasteiger partial charge in [0, 0.05) is 6.42 Å². The molecule has 0 spiro atoms. The fourth-order valence-corrected chi connectivity index (χ4v) is 1.78. The molecule has 106 valence electrons. The SMILES string of the molecule is Nc1cc(C(F)(F)F)ccc1OCCc1ccccc1. The molecule has 0 saturated heterocycles. The molecule has 0 aliphatic heterocycles. The van der Waals surface area contributed by atoms with Gasteiger partial charge in [0.15, 0.2) is 0 Å². The maximum Gasteiger partial charge on any atom is 0.416 e. The number of hydrogen-bond donors (Lipinski definition) is 1. The van der Waals surface area contributed by atoms with E-state index in [1.165, 1.54) is 6.07 Å². The van der Waals surface area contributed by atoms with E-state index < -0.39 is 11.7 Å². The molecule has 0 unspecified atom stereocenters. The molecule has 0 fully saturated rings. The molecule has 0 saturated carbocycles. The van der Waals surface area contributed by atoms with Gasteiger partial charge >= 0.3 is 6.18 Å². The van der Waals surface area contributed by atoms with Gasteiger partial charge in [0.1, 0.15) is 5.75 Å². The van der Waals surface area contributed by atoms with Gasteiger partial charge in [0.05, 0.1) is 17.9 Å². The molecule has 5 heteroatoms. The van der Waals surface area contributed by atoms with Crippen molar-refractivity contribution in [1.29, 1.82) is 0 Å². The molecule has 0 aliphatic rings. The fraction of sp³-hybridized carbons (Fsp3) is 0.200. The normalized spacial score (nSPS) is 11.3. The van der Waals surface area contributed by atoms with Crippen molar-refractivity contribution in [2.24, 2.45) is 0 Å². The Morgan fingerprint density at radius 2 is 1.70 bits per heavy atom. The lowest BCUT2D eigenvalue weighted by Gasteiger charge is -2.12. The average Bonchev–Trinajstić information content (AvgIpc) is 2.40. The van der Waals surface area contributed by atoms with Crippen LogP contribution in [0.1, 0.15) is 11.1 Å². The highest BCUT2D eigenvalue weighted by atomic mass is 19.4. The van der Waals surface area contributed by atoms with Crippen LogP contribution in [0.15, 0.2) is 48.5 Å². The third-order valence-corrected chi connectivity index (χ3v) is 2.83.